The summed E-state index contributed by atoms with van der Waals surface area (Å²) in [5.41, 5.74) is 0. The molecule has 3 heteroatoms. The van der Waals surface area contributed by atoms with Crippen LogP contribution in [0, 0.1) is 17.8 Å². The lowest BCUT2D eigenvalue weighted by Crippen LogP contribution is -2.54. The second-order valence-electron chi connectivity index (χ2n) is 7.83. The molecule has 0 bridgehead atoms. The van der Waals surface area contributed by atoms with E-state index in [0.717, 1.165) is 30.8 Å². The van der Waals surface area contributed by atoms with E-state index in [1.54, 1.807) is 0 Å². The summed E-state index contributed by atoms with van der Waals surface area (Å²) < 4.78 is 0. The van der Waals surface area contributed by atoms with Gasteiger partial charge in [0, 0.05) is 31.8 Å². The maximum absolute atomic E-state index is 9.31. The lowest BCUT2D eigenvalue weighted by Gasteiger charge is -2.45. The standard InChI is InChI=1S/C18H36N2O/c1-14(2)7-9-19-18-11-16(8-10-21)12-20(13-18)15(3)17-5-4-6-17/h14-19,21H,4-13H2,1-3H3. The monoisotopic (exact) mass is 296 g/mol. The maximum atomic E-state index is 9.31. The molecule has 0 aromatic rings. The summed E-state index contributed by atoms with van der Waals surface area (Å²) >= 11 is 0. The van der Waals surface area contributed by atoms with E-state index < -0.39 is 0 Å². The van der Waals surface area contributed by atoms with Crippen molar-refractivity contribution in [1.29, 1.82) is 0 Å². The number of nitrogens with one attached hydrogen (secondary N) is 1. The molecule has 2 aliphatic rings. The van der Waals surface area contributed by atoms with Gasteiger partial charge in [-0.3, -0.25) is 4.90 Å². The highest BCUT2D eigenvalue weighted by atomic mass is 16.3. The topological polar surface area (TPSA) is 35.5 Å². The minimum absolute atomic E-state index is 0.342. The average Bonchev–Trinajstić information content (AvgIpc) is 2.36. The van der Waals surface area contributed by atoms with Crippen molar-refractivity contribution >= 4 is 0 Å². The van der Waals surface area contributed by atoms with Gasteiger partial charge in [-0.05, 0) is 63.3 Å². The number of likely N-dealkylation sites (tertiary alicyclic amines) is 1. The quantitative estimate of drug-likeness (QED) is 0.723. The summed E-state index contributed by atoms with van der Waals surface area (Å²) in [6, 6.07) is 1.35. The fraction of sp³-hybridized carbons (Fsp3) is 1.00. The lowest BCUT2D eigenvalue weighted by atomic mass is 9.78. The van der Waals surface area contributed by atoms with Gasteiger partial charge in [0.05, 0.1) is 0 Å². The minimum atomic E-state index is 0.342. The first-order valence-corrected chi connectivity index (χ1v) is 9.18. The van der Waals surface area contributed by atoms with E-state index in [9.17, 15) is 5.11 Å². The van der Waals surface area contributed by atoms with Crippen molar-refractivity contribution in [3.05, 3.63) is 0 Å². The van der Waals surface area contributed by atoms with E-state index in [2.05, 4.69) is 31.0 Å². The van der Waals surface area contributed by atoms with Gasteiger partial charge in [0.1, 0.15) is 0 Å². The van der Waals surface area contributed by atoms with Crippen LogP contribution < -0.4 is 5.32 Å². The first kappa shape index (κ1) is 17.2. The van der Waals surface area contributed by atoms with E-state index in [1.807, 2.05) is 0 Å². The van der Waals surface area contributed by atoms with Gasteiger partial charge in [-0.25, -0.2) is 0 Å². The molecule has 0 spiro atoms. The molecule has 1 aliphatic carbocycles. The van der Waals surface area contributed by atoms with Crippen LogP contribution in [0.25, 0.3) is 0 Å². The first-order valence-electron chi connectivity index (χ1n) is 9.18. The van der Waals surface area contributed by atoms with Gasteiger partial charge in [-0.1, -0.05) is 20.3 Å². The van der Waals surface area contributed by atoms with Crippen molar-refractivity contribution in [2.24, 2.45) is 17.8 Å². The number of rotatable bonds is 8. The zero-order chi connectivity index (χ0) is 15.2. The number of aliphatic hydroxyl groups is 1. The van der Waals surface area contributed by atoms with Gasteiger partial charge in [0.25, 0.3) is 0 Å². The molecule has 124 valence electrons. The SMILES string of the molecule is CC(C)CCNC1CC(CCO)CN(C(C)C2CCC2)C1. The van der Waals surface area contributed by atoms with Crippen LogP contribution in [0.3, 0.4) is 0 Å². The highest BCUT2D eigenvalue weighted by Crippen LogP contribution is 2.34. The molecule has 21 heavy (non-hydrogen) atoms. The van der Waals surface area contributed by atoms with Gasteiger partial charge in [-0.15, -0.1) is 0 Å². The van der Waals surface area contributed by atoms with E-state index in [0.29, 0.717) is 18.6 Å². The molecule has 3 nitrogen and oxygen atoms in total. The summed E-state index contributed by atoms with van der Waals surface area (Å²) in [6.45, 7) is 10.9. The number of aliphatic hydroxyl groups excluding tert-OH is 1. The fourth-order valence-corrected chi connectivity index (χ4v) is 3.91. The van der Waals surface area contributed by atoms with Crippen molar-refractivity contribution in [2.75, 3.05) is 26.2 Å². The molecule has 0 aromatic heterocycles. The van der Waals surface area contributed by atoms with Crippen molar-refractivity contribution in [3.63, 3.8) is 0 Å². The predicted octanol–water partition coefficient (Wildman–Crippen LogP) is 2.88. The van der Waals surface area contributed by atoms with Crippen molar-refractivity contribution in [3.8, 4) is 0 Å². The van der Waals surface area contributed by atoms with Crippen molar-refractivity contribution in [1.82, 2.24) is 10.2 Å². The molecular weight excluding hydrogens is 260 g/mol. The summed E-state index contributed by atoms with van der Waals surface area (Å²) in [7, 11) is 0. The van der Waals surface area contributed by atoms with Crippen LogP contribution in [-0.2, 0) is 0 Å². The number of hydrogen-bond donors (Lipinski definition) is 2. The zero-order valence-corrected chi connectivity index (χ0v) is 14.4. The van der Waals surface area contributed by atoms with Crippen LogP contribution >= 0.6 is 0 Å². The smallest absolute Gasteiger partial charge is 0.0434 e. The van der Waals surface area contributed by atoms with Crippen LogP contribution in [0.4, 0.5) is 0 Å². The van der Waals surface area contributed by atoms with Gasteiger partial charge in [0.15, 0.2) is 0 Å². The Labute approximate surface area is 131 Å². The number of hydrogen-bond acceptors (Lipinski definition) is 3. The lowest BCUT2D eigenvalue weighted by molar-refractivity contribution is 0.0448. The number of nitrogens with zero attached hydrogens (tertiary/aromatic N) is 1. The van der Waals surface area contributed by atoms with Gasteiger partial charge < -0.3 is 10.4 Å². The van der Waals surface area contributed by atoms with Crippen molar-refractivity contribution < 1.29 is 5.11 Å². The molecule has 1 heterocycles. The third kappa shape index (κ3) is 5.22. The van der Waals surface area contributed by atoms with E-state index in [1.165, 1.54) is 45.2 Å². The zero-order valence-electron chi connectivity index (χ0n) is 14.4. The Morgan fingerprint density at radius 3 is 2.52 bits per heavy atom. The van der Waals surface area contributed by atoms with Crippen LogP contribution in [0.5, 0.6) is 0 Å². The molecule has 1 aliphatic heterocycles. The molecule has 0 amide bonds. The fourth-order valence-electron chi connectivity index (χ4n) is 3.91. The highest BCUT2D eigenvalue weighted by molar-refractivity contribution is 4.89. The first-order chi connectivity index (χ1) is 10.1. The summed E-state index contributed by atoms with van der Waals surface area (Å²) in [5, 5.41) is 13.1. The molecule has 1 saturated heterocycles. The summed E-state index contributed by atoms with van der Waals surface area (Å²) in [4.78, 5) is 2.71. The molecule has 3 atom stereocenters. The average molecular weight is 296 g/mol. The molecule has 3 unspecified atom stereocenters. The van der Waals surface area contributed by atoms with Crippen LogP contribution in [0.1, 0.15) is 59.3 Å². The number of piperidine rings is 1. The minimum Gasteiger partial charge on any atom is -0.396 e. The predicted molar refractivity (Wildman–Crippen MR) is 89.4 cm³/mol. The van der Waals surface area contributed by atoms with E-state index in [-0.39, 0.29) is 0 Å². The molecule has 0 aromatic carbocycles. The molecule has 1 saturated carbocycles. The molecular formula is C18H36N2O. The van der Waals surface area contributed by atoms with Gasteiger partial charge >= 0.3 is 0 Å². The second kappa shape index (κ2) is 8.50. The normalized spacial score (nSPS) is 29.6. The molecule has 0 radical (unpaired) electrons. The van der Waals surface area contributed by atoms with Gasteiger partial charge in [0.2, 0.25) is 0 Å². The molecule has 2 N–H and O–H groups in total. The molecule has 2 fully saturated rings. The summed E-state index contributed by atoms with van der Waals surface area (Å²) in [6.07, 6.45) is 7.75. The Morgan fingerprint density at radius 1 is 1.19 bits per heavy atom. The van der Waals surface area contributed by atoms with Crippen LogP contribution in [-0.4, -0.2) is 48.3 Å². The van der Waals surface area contributed by atoms with Crippen molar-refractivity contribution in [2.45, 2.75) is 71.4 Å². The molecule has 2 rings (SSSR count). The largest absolute Gasteiger partial charge is 0.396 e. The van der Waals surface area contributed by atoms with Crippen LogP contribution in [0.2, 0.25) is 0 Å². The van der Waals surface area contributed by atoms with Crippen LogP contribution in [0.15, 0.2) is 0 Å². The Bertz CT molecular complexity index is 291. The second-order valence-corrected chi connectivity index (χ2v) is 7.83. The summed E-state index contributed by atoms with van der Waals surface area (Å²) in [5.74, 6) is 2.37. The van der Waals surface area contributed by atoms with E-state index >= 15 is 0 Å². The van der Waals surface area contributed by atoms with Gasteiger partial charge in [-0.2, -0.15) is 0 Å². The third-order valence-corrected chi connectivity index (χ3v) is 5.67. The third-order valence-electron chi connectivity index (χ3n) is 5.67. The Hall–Kier alpha value is -0.120. The highest BCUT2D eigenvalue weighted by Gasteiger charge is 2.34. The van der Waals surface area contributed by atoms with E-state index in [4.69, 9.17) is 0 Å². The maximum Gasteiger partial charge on any atom is 0.0434 e. The Balaban J connectivity index is 1.84. The Kier molecular flexibility index (Phi) is 6.97. The Morgan fingerprint density at radius 2 is 1.95 bits per heavy atom.